The van der Waals surface area contributed by atoms with Crippen LogP contribution in [0.3, 0.4) is 0 Å². The third kappa shape index (κ3) is 2.48. The molecular formula is C13H15ClN2O2. The summed E-state index contributed by atoms with van der Waals surface area (Å²) in [6, 6.07) is 5.64. The van der Waals surface area contributed by atoms with E-state index in [0.717, 1.165) is 23.4 Å². The first-order chi connectivity index (χ1) is 8.63. The molecule has 0 fully saturated rings. The molecule has 0 spiro atoms. The molecule has 0 aliphatic carbocycles. The van der Waals surface area contributed by atoms with Gasteiger partial charge in [0, 0.05) is 19.4 Å². The van der Waals surface area contributed by atoms with Crippen LogP contribution >= 0.6 is 11.6 Å². The van der Waals surface area contributed by atoms with Crippen molar-refractivity contribution < 1.29 is 9.90 Å². The van der Waals surface area contributed by atoms with Crippen LogP contribution in [0.25, 0.3) is 11.0 Å². The van der Waals surface area contributed by atoms with Crippen LogP contribution in [0.1, 0.15) is 25.6 Å². The number of aliphatic carboxylic acids is 1. The molecule has 96 valence electrons. The molecule has 0 amide bonds. The molecule has 0 saturated carbocycles. The maximum Gasteiger partial charge on any atom is 0.303 e. The first-order valence-corrected chi connectivity index (χ1v) is 6.36. The summed E-state index contributed by atoms with van der Waals surface area (Å²) in [5.41, 5.74) is 1.81. The summed E-state index contributed by atoms with van der Waals surface area (Å²) in [5, 5.41) is 9.34. The molecule has 0 aliphatic heterocycles. The highest BCUT2D eigenvalue weighted by Gasteiger charge is 2.12. The van der Waals surface area contributed by atoms with Crippen molar-refractivity contribution >= 4 is 28.6 Å². The van der Waals surface area contributed by atoms with Crippen molar-refractivity contribution in [3.63, 3.8) is 0 Å². The van der Waals surface area contributed by atoms with Gasteiger partial charge in [-0.25, -0.2) is 4.98 Å². The predicted molar refractivity (Wildman–Crippen MR) is 71.0 cm³/mol. The molecule has 0 unspecified atom stereocenters. The Kier molecular flexibility index (Phi) is 3.87. The summed E-state index contributed by atoms with van der Waals surface area (Å²) < 4.78 is 2.06. The van der Waals surface area contributed by atoms with E-state index in [-0.39, 0.29) is 6.42 Å². The number of fused-ring (bicyclic) bond motifs is 1. The van der Waals surface area contributed by atoms with E-state index < -0.39 is 5.97 Å². The average molecular weight is 267 g/mol. The summed E-state index contributed by atoms with van der Waals surface area (Å²) in [6.45, 7) is 2.81. The summed E-state index contributed by atoms with van der Waals surface area (Å²) in [4.78, 5) is 15.0. The number of halogens is 1. The second-order valence-electron chi connectivity index (χ2n) is 4.13. The fourth-order valence-corrected chi connectivity index (χ4v) is 2.39. The van der Waals surface area contributed by atoms with Crippen LogP contribution in [-0.4, -0.2) is 20.6 Å². The van der Waals surface area contributed by atoms with Crippen LogP contribution in [0, 0.1) is 0 Å². The molecule has 0 bridgehead atoms. The van der Waals surface area contributed by atoms with Crippen molar-refractivity contribution in [3.05, 3.63) is 29.0 Å². The van der Waals surface area contributed by atoms with Gasteiger partial charge in [0.2, 0.25) is 0 Å². The van der Waals surface area contributed by atoms with E-state index >= 15 is 0 Å². The topological polar surface area (TPSA) is 55.1 Å². The Balaban J connectivity index is 2.33. The number of carboxylic acids is 1. The molecule has 0 atom stereocenters. The Morgan fingerprint density at radius 3 is 2.94 bits per heavy atom. The van der Waals surface area contributed by atoms with E-state index in [9.17, 15) is 4.79 Å². The number of hydrogen-bond donors (Lipinski definition) is 1. The Morgan fingerprint density at radius 1 is 1.50 bits per heavy atom. The van der Waals surface area contributed by atoms with Gasteiger partial charge >= 0.3 is 5.97 Å². The predicted octanol–water partition coefficient (Wildman–Crippen LogP) is 3.12. The van der Waals surface area contributed by atoms with Gasteiger partial charge in [-0.05, 0) is 25.5 Å². The van der Waals surface area contributed by atoms with Crippen molar-refractivity contribution in [2.24, 2.45) is 0 Å². The maximum atomic E-state index is 10.5. The number of para-hydroxylation sites is 1. The monoisotopic (exact) mass is 266 g/mol. The number of carbonyl (C=O) groups is 1. The van der Waals surface area contributed by atoms with Crippen molar-refractivity contribution in [1.82, 2.24) is 9.55 Å². The lowest BCUT2D eigenvalue weighted by molar-refractivity contribution is -0.137. The van der Waals surface area contributed by atoms with E-state index in [1.165, 1.54) is 0 Å². The number of hydrogen-bond acceptors (Lipinski definition) is 2. The molecule has 1 heterocycles. The van der Waals surface area contributed by atoms with Crippen LogP contribution < -0.4 is 0 Å². The highest BCUT2D eigenvalue weighted by Crippen LogP contribution is 2.25. The van der Waals surface area contributed by atoms with Gasteiger partial charge in [0.05, 0.1) is 16.1 Å². The van der Waals surface area contributed by atoms with E-state index in [1.807, 2.05) is 25.1 Å². The zero-order valence-electron chi connectivity index (χ0n) is 10.2. The molecule has 0 saturated heterocycles. The molecule has 0 aliphatic rings. The van der Waals surface area contributed by atoms with E-state index in [2.05, 4.69) is 9.55 Å². The standard InChI is InChI=1S/C13H15ClN2O2/c1-2-16-11(7-4-8-12(17)18)15-10-6-3-5-9(14)13(10)16/h3,5-6H,2,4,7-8H2,1H3,(H,17,18). The summed E-state index contributed by atoms with van der Waals surface area (Å²) in [5.74, 6) is 0.133. The fourth-order valence-electron chi connectivity index (χ4n) is 2.12. The molecule has 1 aromatic carbocycles. The van der Waals surface area contributed by atoms with Gasteiger partial charge in [0.15, 0.2) is 0 Å². The van der Waals surface area contributed by atoms with Gasteiger partial charge in [0.1, 0.15) is 5.82 Å². The first-order valence-electron chi connectivity index (χ1n) is 5.99. The molecule has 5 heteroatoms. The molecular weight excluding hydrogens is 252 g/mol. The van der Waals surface area contributed by atoms with Crippen molar-refractivity contribution in [2.75, 3.05) is 0 Å². The Bertz CT molecular complexity index is 578. The SMILES string of the molecule is CCn1c(CCCC(=O)O)nc2cccc(Cl)c21. The lowest BCUT2D eigenvalue weighted by Crippen LogP contribution is -2.03. The van der Waals surface area contributed by atoms with Gasteiger partial charge in [-0.15, -0.1) is 0 Å². The highest BCUT2D eigenvalue weighted by atomic mass is 35.5. The van der Waals surface area contributed by atoms with Crippen LogP contribution in [0.4, 0.5) is 0 Å². The number of carboxylic acid groups (broad SMARTS) is 1. The van der Waals surface area contributed by atoms with Crippen LogP contribution in [0.5, 0.6) is 0 Å². The van der Waals surface area contributed by atoms with Gasteiger partial charge in [-0.2, -0.15) is 0 Å². The molecule has 18 heavy (non-hydrogen) atoms. The third-order valence-corrected chi connectivity index (χ3v) is 3.21. The summed E-state index contributed by atoms with van der Waals surface area (Å²) in [7, 11) is 0. The Hall–Kier alpha value is -1.55. The maximum absolute atomic E-state index is 10.5. The number of nitrogens with zero attached hydrogens (tertiary/aromatic N) is 2. The Labute approximate surface area is 110 Å². The lowest BCUT2D eigenvalue weighted by Gasteiger charge is -2.06. The minimum atomic E-state index is -0.771. The van der Waals surface area contributed by atoms with Crippen molar-refractivity contribution in [3.8, 4) is 0 Å². The Morgan fingerprint density at radius 2 is 2.28 bits per heavy atom. The van der Waals surface area contributed by atoms with Gasteiger partial charge in [-0.1, -0.05) is 17.7 Å². The molecule has 2 aromatic rings. The van der Waals surface area contributed by atoms with Gasteiger partial charge in [-0.3, -0.25) is 4.79 Å². The largest absolute Gasteiger partial charge is 0.481 e. The average Bonchev–Trinajstić information content (AvgIpc) is 2.67. The second-order valence-corrected chi connectivity index (χ2v) is 4.53. The zero-order chi connectivity index (χ0) is 13.1. The number of aryl methyl sites for hydroxylation is 2. The van der Waals surface area contributed by atoms with Gasteiger partial charge < -0.3 is 9.67 Å². The van der Waals surface area contributed by atoms with Crippen molar-refractivity contribution in [2.45, 2.75) is 32.7 Å². The quantitative estimate of drug-likeness (QED) is 0.905. The van der Waals surface area contributed by atoms with E-state index in [1.54, 1.807) is 0 Å². The summed E-state index contributed by atoms with van der Waals surface area (Å²) in [6.07, 6.45) is 1.42. The molecule has 1 aromatic heterocycles. The zero-order valence-corrected chi connectivity index (χ0v) is 10.9. The van der Waals surface area contributed by atoms with Gasteiger partial charge in [0.25, 0.3) is 0 Å². The smallest absolute Gasteiger partial charge is 0.303 e. The number of benzene rings is 1. The number of aromatic nitrogens is 2. The molecule has 4 nitrogen and oxygen atoms in total. The normalized spacial score (nSPS) is 11.0. The van der Waals surface area contributed by atoms with Crippen molar-refractivity contribution in [1.29, 1.82) is 0 Å². The molecule has 0 radical (unpaired) electrons. The molecule has 1 N–H and O–H groups in total. The molecule has 2 rings (SSSR count). The van der Waals surface area contributed by atoms with Crippen LogP contribution in [0.2, 0.25) is 5.02 Å². The number of rotatable bonds is 5. The third-order valence-electron chi connectivity index (χ3n) is 2.90. The lowest BCUT2D eigenvalue weighted by atomic mass is 10.2. The minimum Gasteiger partial charge on any atom is -0.481 e. The van der Waals surface area contributed by atoms with E-state index in [4.69, 9.17) is 16.7 Å². The van der Waals surface area contributed by atoms with E-state index in [0.29, 0.717) is 17.9 Å². The second kappa shape index (κ2) is 5.40. The highest BCUT2D eigenvalue weighted by molar-refractivity contribution is 6.35. The minimum absolute atomic E-state index is 0.167. The van der Waals surface area contributed by atoms with Crippen LogP contribution in [0.15, 0.2) is 18.2 Å². The van der Waals surface area contributed by atoms with Crippen LogP contribution in [-0.2, 0) is 17.8 Å². The first kappa shape index (κ1) is 12.9. The number of imidazole rings is 1. The fraction of sp³-hybridized carbons (Fsp3) is 0.385. The summed E-state index contributed by atoms with van der Waals surface area (Å²) >= 11 is 6.18.